The zero-order valence-corrected chi connectivity index (χ0v) is 13.2. The van der Waals surface area contributed by atoms with Gasteiger partial charge in [-0.1, -0.05) is 6.42 Å². The van der Waals surface area contributed by atoms with Gasteiger partial charge in [-0.3, -0.25) is 14.6 Å². The number of aromatic nitrogens is 1. The Kier molecular flexibility index (Phi) is 6.16. The highest BCUT2D eigenvalue weighted by Crippen LogP contribution is 2.27. The third-order valence-corrected chi connectivity index (χ3v) is 3.88. The molecule has 0 aliphatic carbocycles. The molecule has 1 aromatic rings. The minimum absolute atomic E-state index is 0.0776. The molecule has 0 bridgehead atoms. The van der Waals surface area contributed by atoms with E-state index in [4.69, 9.17) is 0 Å². The summed E-state index contributed by atoms with van der Waals surface area (Å²) in [7, 11) is 0. The second-order valence-corrected chi connectivity index (χ2v) is 5.73. The standard InChI is InChI=1S/C16H20F3N3O2/c17-16(18,19)13-7-6-12(11-21-13)15(24)20-8-4-10-22-9-3-1-2-5-14(22)23/h6-7,11H,1-5,8-10H2,(H,20,24). The van der Waals surface area contributed by atoms with E-state index in [2.05, 4.69) is 10.3 Å². The van der Waals surface area contributed by atoms with E-state index in [0.29, 0.717) is 25.9 Å². The molecule has 8 heteroatoms. The van der Waals surface area contributed by atoms with E-state index in [1.165, 1.54) is 0 Å². The molecule has 1 fully saturated rings. The summed E-state index contributed by atoms with van der Waals surface area (Å²) >= 11 is 0. The molecule has 1 N–H and O–H groups in total. The first-order valence-corrected chi connectivity index (χ1v) is 7.97. The smallest absolute Gasteiger partial charge is 0.352 e. The molecular weight excluding hydrogens is 323 g/mol. The summed E-state index contributed by atoms with van der Waals surface area (Å²) in [5.74, 6) is -0.329. The molecule has 2 heterocycles. The molecule has 0 radical (unpaired) electrons. The third-order valence-electron chi connectivity index (χ3n) is 3.88. The zero-order valence-electron chi connectivity index (χ0n) is 13.2. The van der Waals surface area contributed by atoms with Gasteiger partial charge in [0.15, 0.2) is 0 Å². The maximum atomic E-state index is 12.4. The first-order chi connectivity index (χ1) is 11.4. The highest BCUT2D eigenvalue weighted by molar-refractivity contribution is 5.93. The second kappa shape index (κ2) is 8.12. The zero-order chi connectivity index (χ0) is 17.6. The summed E-state index contributed by atoms with van der Waals surface area (Å²) in [4.78, 5) is 28.7. The van der Waals surface area contributed by atoms with E-state index in [1.54, 1.807) is 4.90 Å². The number of amides is 2. The Morgan fingerprint density at radius 3 is 2.71 bits per heavy atom. The summed E-state index contributed by atoms with van der Waals surface area (Å²) in [5.41, 5.74) is -0.951. The van der Waals surface area contributed by atoms with E-state index in [1.807, 2.05) is 0 Å². The number of hydrogen-bond donors (Lipinski definition) is 1. The molecular formula is C16H20F3N3O2. The van der Waals surface area contributed by atoms with Crippen LogP contribution in [-0.2, 0) is 11.0 Å². The van der Waals surface area contributed by atoms with Gasteiger partial charge < -0.3 is 10.2 Å². The molecule has 0 saturated carbocycles. The molecule has 2 amide bonds. The van der Waals surface area contributed by atoms with Gasteiger partial charge >= 0.3 is 6.18 Å². The van der Waals surface area contributed by atoms with Gasteiger partial charge in [0, 0.05) is 32.3 Å². The number of nitrogens with one attached hydrogen (secondary N) is 1. The third kappa shape index (κ3) is 5.21. The Labute approximate surface area is 138 Å². The lowest BCUT2D eigenvalue weighted by molar-refractivity contribution is -0.141. The average molecular weight is 343 g/mol. The Morgan fingerprint density at radius 2 is 2.04 bits per heavy atom. The quantitative estimate of drug-likeness (QED) is 0.836. The van der Waals surface area contributed by atoms with E-state index >= 15 is 0 Å². The fourth-order valence-corrected chi connectivity index (χ4v) is 2.54. The molecule has 1 saturated heterocycles. The first-order valence-electron chi connectivity index (χ1n) is 7.97. The monoisotopic (exact) mass is 343 g/mol. The van der Waals surface area contributed by atoms with Crippen molar-refractivity contribution in [3.63, 3.8) is 0 Å². The van der Waals surface area contributed by atoms with Crippen molar-refractivity contribution in [2.24, 2.45) is 0 Å². The Hall–Kier alpha value is -2.12. The van der Waals surface area contributed by atoms with Gasteiger partial charge in [-0.05, 0) is 31.4 Å². The number of carbonyl (C=O) groups excluding carboxylic acids is 2. The predicted molar refractivity (Wildman–Crippen MR) is 81.2 cm³/mol. The second-order valence-electron chi connectivity index (χ2n) is 5.73. The number of rotatable bonds is 5. The minimum atomic E-state index is -4.52. The average Bonchev–Trinajstić information content (AvgIpc) is 2.75. The molecule has 1 aromatic heterocycles. The normalized spacial score (nSPS) is 16.0. The van der Waals surface area contributed by atoms with Crippen molar-refractivity contribution in [2.75, 3.05) is 19.6 Å². The summed E-state index contributed by atoms with van der Waals surface area (Å²) in [6, 6.07) is 1.88. The molecule has 1 aliphatic rings. The predicted octanol–water partition coefficient (Wildman–Crippen LogP) is 2.62. The van der Waals surface area contributed by atoms with Crippen molar-refractivity contribution in [1.29, 1.82) is 0 Å². The van der Waals surface area contributed by atoms with Crippen LogP contribution in [0.15, 0.2) is 18.3 Å². The summed E-state index contributed by atoms with van der Waals surface area (Å²) < 4.78 is 37.2. The van der Waals surface area contributed by atoms with Crippen molar-refractivity contribution in [2.45, 2.75) is 38.3 Å². The lowest BCUT2D eigenvalue weighted by Gasteiger charge is -2.20. The largest absolute Gasteiger partial charge is 0.433 e. The molecule has 0 spiro atoms. The number of nitrogens with zero attached hydrogens (tertiary/aromatic N) is 2. The van der Waals surface area contributed by atoms with E-state index in [-0.39, 0.29) is 11.5 Å². The van der Waals surface area contributed by atoms with Crippen LogP contribution < -0.4 is 5.32 Å². The van der Waals surface area contributed by atoms with Crippen LogP contribution in [0, 0.1) is 0 Å². The minimum Gasteiger partial charge on any atom is -0.352 e. The number of halogens is 3. The molecule has 132 valence electrons. The van der Waals surface area contributed by atoms with Crippen LogP contribution in [0.1, 0.15) is 48.2 Å². The molecule has 5 nitrogen and oxygen atoms in total. The molecule has 0 unspecified atom stereocenters. The van der Waals surface area contributed by atoms with Gasteiger partial charge in [0.25, 0.3) is 5.91 Å². The van der Waals surface area contributed by atoms with Crippen LogP contribution >= 0.6 is 0 Å². The molecule has 1 aliphatic heterocycles. The summed E-state index contributed by atoms with van der Waals surface area (Å²) in [6.07, 6.45) is 0.544. The summed E-state index contributed by atoms with van der Waals surface area (Å²) in [6.45, 7) is 1.67. The van der Waals surface area contributed by atoms with Gasteiger partial charge in [-0.2, -0.15) is 13.2 Å². The van der Waals surface area contributed by atoms with Crippen molar-refractivity contribution in [3.8, 4) is 0 Å². The Bertz CT molecular complexity index is 573. The molecule has 24 heavy (non-hydrogen) atoms. The van der Waals surface area contributed by atoms with Crippen LogP contribution in [0.25, 0.3) is 0 Å². The Morgan fingerprint density at radius 1 is 1.25 bits per heavy atom. The number of alkyl halides is 3. The number of carbonyl (C=O) groups is 2. The van der Waals surface area contributed by atoms with Crippen molar-refractivity contribution < 1.29 is 22.8 Å². The van der Waals surface area contributed by atoms with E-state index < -0.39 is 17.8 Å². The topological polar surface area (TPSA) is 62.3 Å². The molecule has 2 rings (SSSR count). The molecule has 0 aromatic carbocycles. The number of pyridine rings is 1. The SMILES string of the molecule is O=C(NCCCN1CCCCCC1=O)c1ccc(C(F)(F)F)nc1. The van der Waals surface area contributed by atoms with Crippen molar-refractivity contribution in [3.05, 3.63) is 29.6 Å². The number of hydrogen-bond acceptors (Lipinski definition) is 3. The van der Waals surface area contributed by atoms with Crippen LogP contribution in [0.4, 0.5) is 13.2 Å². The van der Waals surface area contributed by atoms with Gasteiger partial charge in [-0.15, -0.1) is 0 Å². The maximum absolute atomic E-state index is 12.4. The van der Waals surface area contributed by atoms with Crippen molar-refractivity contribution >= 4 is 11.8 Å². The Balaban J connectivity index is 1.76. The highest BCUT2D eigenvalue weighted by atomic mass is 19.4. The maximum Gasteiger partial charge on any atom is 0.433 e. The van der Waals surface area contributed by atoms with Crippen LogP contribution in [0.5, 0.6) is 0 Å². The molecule has 0 atom stereocenters. The fraction of sp³-hybridized carbons (Fsp3) is 0.562. The van der Waals surface area contributed by atoms with Crippen LogP contribution in [0.2, 0.25) is 0 Å². The van der Waals surface area contributed by atoms with Gasteiger partial charge in [0.2, 0.25) is 5.91 Å². The van der Waals surface area contributed by atoms with Crippen LogP contribution in [0.3, 0.4) is 0 Å². The van der Waals surface area contributed by atoms with E-state index in [9.17, 15) is 22.8 Å². The van der Waals surface area contributed by atoms with E-state index in [0.717, 1.165) is 44.1 Å². The highest BCUT2D eigenvalue weighted by Gasteiger charge is 2.32. The summed E-state index contributed by atoms with van der Waals surface area (Å²) in [5, 5.41) is 2.63. The van der Waals surface area contributed by atoms with Gasteiger partial charge in [-0.25, -0.2) is 0 Å². The lowest BCUT2D eigenvalue weighted by Crippen LogP contribution is -2.34. The fourth-order valence-electron chi connectivity index (χ4n) is 2.54. The van der Waals surface area contributed by atoms with Crippen molar-refractivity contribution in [1.82, 2.24) is 15.2 Å². The first kappa shape index (κ1) is 18.2. The lowest BCUT2D eigenvalue weighted by atomic mass is 10.2. The van der Waals surface area contributed by atoms with Gasteiger partial charge in [0.05, 0.1) is 5.56 Å². The number of likely N-dealkylation sites (tertiary alicyclic amines) is 1. The van der Waals surface area contributed by atoms with Gasteiger partial charge in [0.1, 0.15) is 5.69 Å². The van der Waals surface area contributed by atoms with Crippen LogP contribution in [-0.4, -0.2) is 41.3 Å².